The summed E-state index contributed by atoms with van der Waals surface area (Å²) in [7, 11) is 0. The molecule has 0 saturated heterocycles. The van der Waals surface area contributed by atoms with Gasteiger partial charge in [-0.2, -0.15) is 0 Å². The summed E-state index contributed by atoms with van der Waals surface area (Å²) in [4.78, 5) is 12.7. The molecule has 3 rings (SSSR count). The number of amides is 1. The number of carbonyl (C=O) groups excluding carboxylic acids is 1. The van der Waals surface area contributed by atoms with Crippen molar-refractivity contribution in [3.63, 3.8) is 0 Å². The van der Waals surface area contributed by atoms with E-state index >= 15 is 0 Å². The molecule has 0 aromatic heterocycles. The monoisotopic (exact) mass is 338 g/mol. The van der Waals surface area contributed by atoms with E-state index in [-0.39, 0.29) is 29.0 Å². The summed E-state index contributed by atoms with van der Waals surface area (Å²) in [6.07, 6.45) is 0.854. The normalized spacial score (nSPS) is 17.5. The van der Waals surface area contributed by atoms with Gasteiger partial charge in [0.1, 0.15) is 5.75 Å². The average Bonchev–Trinajstić information content (AvgIpc) is 3.01. The molecule has 3 N–H and O–H groups in total. The third-order valence-electron chi connectivity index (χ3n) is 5.44. The summed E-state index contributed by atoms with van der Waals surface area (Å²) in [5.41, 5.74) is 3.06. The Kier molecular flexibility index (Phi) is 4.71. The van der Waals surface area contributed by atoms with Gasteiger partial charge in [0.15, 0.2) is 0 Å². The van der Waals surface area contributed by atoms with E-state index in [0.29, 0.717) is 6.54 Å². The maximum atomic E-state index is 12.7. The molecule has 1 amide bonds. The maximum absolute atomic E-state index is 12.7. The molecular formula is C21H26N2O2. The second-order valence-electron chi connectivity index (χ2n) is 7.44. The molecule has 1 aliphatic heterocycles. The number of phenols is 1. The van der Waals surface area contributed by atoms with Crippen LogP contribution in [0.3, 0.4) is 0 Å². The predicted molar refractivity (Wildman–Crippen MR) is 101 cm³/mol. The van der Waals surface area contributed by atoms with Crippen LogP contribution >= 0.6 is 0 Å². The molecule has 132 valence electrons. The maximum Gasteiger partial charge on any atom is 0.223 e. The summed E-state index contributed by atoms with van der Waals surface area (Å²) in [5.74, 6) is 0.186. The lowest BCUT2D eigenvalue weighted by atomic mass is 9.74. The lowest BCUT2D eigenvalue weighted by molar-refractivity contribution is -0.126. The van der Waals surface area contributed by atoms with Gasteiger partial charge in [0.05, 0.1) is 0 Å². The fourth-order valence-corrected chi connectivity index (χ4v) is 3.36. The van der Waals surface area contributed by atoms with Crippen molar-refractivity contribution in [1.82, 2.24) is 5.32 Å². The summed E-state index contributed by atoms with van der Waals surface area (Å²) < 4.78 is 0. The van der Waals surface area contributed by atoms with E-state index < -0.39 is 0 Å². The minimum absolute atomic E-state index is 0.0643. The molecule has 0 spiro atoms. The van der Waals surface area contributed by atoms with Crippen molar-refractivity contribution in [3.8, 4) is 5.75 Å². The van der Waals surface area contributed by atoms with Crippen LogP contribution in [0.1, 0.15) is 31.9 Å². The van der Waals surface area contributed by atoms with Crippen LogP contribution in [0.5, 0.6) is 5.75 Å². The van der Waals surface area contributed by atoms with Crippen molar-refractivity contribution in [1.29, 1.82) is 0 Å². The Labute approximate surface area is 149 Å². The number of fused-ring (bicyclic) bond motifs is 1. The van der Waals surface area contributed by atoms with E-state index in [0.717, 1.165) is 12.1 Å². The van der Waals surface area contributed by atoms with Gasteiger partial charge in [-0.15, -0.1) is 0 Å². The first kappa shape index (κ1) is 17.3. The van der Waals surface area contributed by atoms with E-state index in [1.165, 1.54) is 11.1 Å². The minimum atomic E-state index is -0.233. The Hall–Kier alpha value is -2.49. The predicted octanol–water partition coefficient (Wildman–Crippen LogP) is 3.46. The standard InChI is InChI=1S/C21H26N2O2/c1-14(21(2,3)16-7-5-4-6-8-16)20(25)22-13-17-11-15-9-10-18(24)12-19(15)23-17/h4-10,12,14,17,23-24H,11,13H2,1-3H3,(H,22,25)/t14-,17?/m0/s1. The number of phenolic OH excluding ortho intramolecular Hbond substituents is 1. The molecule has 0 radical (unpaired) electrons. The lowest BCUT2D eigenvalue weighted by Gasteiger charge is -2.31. The Bertz CT molecular complexity index is 756. The quantitative estimate of drug-likeness (QED) is 0.782. The Morgan fingerprint density at radius 3 is 2.72 bits per heavy atom. The molecule has 0 aliphatic carbocycles. The largest absolute Gasteiger partial charge is 0.508 e. The second-order valence-corrected chi connectivity index (χ2v) is 7.44. The molecule has 25 heavy (non-hydrogen) atoms. The van der Waals surface area contributed by atoms with Gasteiger partial charge in [-0.3, -0.25) is 4.79 Å². The molecule has 0 fully saturated rings. The third-order valence-corrected chi connectivity index (χ3v) is 5.44. The number of aromatic hydroxyl groups is 1. The van der Waals surface area contributed by atoms with Gasteiger partial charge in [-0.25, -0.2) is 0 Å². The SMILES string of the molecule is C[C@@H](C(=O)NCC1Cc2ccc(O)cc2N1)C(C)(C)c1ccccc1. The summed E-state index contributed by atoms with van der Waals surface area (Å²) in [6, 6.07) is 15.7. The van der Waals surface area contributed by atoms with Gasteiger partial charge in [-0.1, -0.05) is 57.2 Å². The van der Waals surface area contributed by atoms with Crippen molar-refractivity contribution in [2.24, 2.45) is 5.92 Å². The van der Waals surface area contributed by atoms with Crippen LogP contribution in [-0.4, -0.2) is 23.6 Å². The zero-order valence-electron chi connectivity index (χ0n) is 15.0. The molecule has 4 nitrogen and oxygen atoms in total. The number of rotatable bonds is 5. The summed E-state index contributed by atoms with van der Waals surface area (Å²) in [6.45, 7) is 6.78. The van der Waals surface area contributed by atoms with Crippen LogP contribution in [0.2, 0.25) is 0 Å². The molecule has 2 atom stereocenters. The van der Waals surface area contributed by atoms with Crippen molar-refractivity contribution >= 4 is 11.6 Å². The van der Waals surface area contributed by atoms with Crippen LogP contribution in [0.4, 0.5) is 5.69 Å². The summed E-state index contributed by atoms with van der Waals surface area (Å²) in [5, 5.41) is 16.0. The molecule has 2 aromatic carbocycles. The summed E-state index contributed by atoms with van der Waals surface area (Å²) >= 11 is 0. The third kappa shape index (κ3) is 3.63. The lowest BCUT2D eigenvalue weighted by Crippen LogP contribution is -2.43. The van der Waals surface area contributed by atoms with Gasteiger partial charge >= 0.3 is 0 Å². The van der Waals surface area contributed by atoms with E-state index in [4.69, 9.17) is 0 Å². The van der Waals surface area contributed by atoms with Crippen molar-refractivity contribution in [3.05, 3.63) is 59.7 Å². The molecule has 0 saturated carbocycles. The first-order chi connectivity index (χ1) is 11.9. The van der Waals surface area contributed by atoms with Crippen LogP contribution in [-0.2, 0) is 16.6 Å². The van der Waals surface area contributed by atoms with Gasteiger partial charge in [0.2, 0.25) is 5.91 Å². The van der Waals surface area contributed by atoms with E-state index in [2.05, 4.69) is 36.6 Å². The molecule has 2 aromatic rings. The molecule has 1 unspecified atom stereocenters. The molecule has 1 aliphatic rings. The Morgan fingerprint density at radius 2 is 2.00 bits per heavy atom. The first-order valence-corrected chi connectivity index (χ1v) is 8.79. The fourth-order valence-electron chi connectivity index (χ4n) is 3.36. The first-order valence-electron chi connectivity index (χ1n) is 8.79. The van der Waals surface area contributed by atoms with Gasteiger partial charge < -0.3 is 15.7 Å². The highest BCUT2D eigenvalue weighted by Gasteiger charge is 2.33. The topological polar surface area (TPSA) is 61.4 Å². The smallest absolute Gasteiger partial charge is 0.223 e. The zero-order valence-corrected chi connectivity index (χ0v) is 15.0. The minimum Gasteiger partial charge on any atom is -0.508 e. The van der Waals surface area contributed by atoms with Gasteiger partial charge in [0.25, 0.3) is 0 Å². The number of carbonyl (C=O) groups is 1. The van der Waals surface area contributed by atoms with Crippen LogP contribution < -0.4 is 10.6 Å². The Balaban J connectivity index is 1.58. The number of hydrogen-bond acceptors (Lipinski definition) is 3. The number of anilines is 1. The Morgan fingerprint density at radius 1 is 1.28 bits per heavy atom. The molecule has 0 bridgehead atoms. The highest BCUT2D eigenvalue weighted by atomic mass is 16.3. The number of hydrogen-bond donors (Lipinski definition) is 3. The number of benzene rings is 2. The van der Waals surface area contributed by atoms with Gasteiger partial charge in [-0.05, 0) is 23.6 Å². The van der Waals surface area contributed by atoms with E-state index in [9.17, 15) is 9.90 Å². The number of nitrogens with one attached hydrogen (secondary N) is 2. The average molecular weight is 338 g/mol. The highest BCUT2D eigenvalue weighted by molar-refractivity contribution is 5.80. The van der Waals surface area contributed by atoms with Crippen LogP contribution in [0.25, 0.3) is 0 Å². The van der Waals surface area contributed by atoms with Crippen LogP contribution in [0, 0.1) is 5.92 Å². The molecule has 1 heterocycles. The molecular weight excluding hydrogens is 312 g/mol. The highest BCUT2D eigenvalue weighted by Crippen LogP contribution is 2.32. The second kappa shape index (κ2) is 6.79. The zero-order chi connectivity index (χ0) is 18.0. The molecule has 4 heteroatoms. The van der Waals surface area contributed by atoms with Crippen LogP contribution in [0.15, 0.2) is 48.5 Å². The fraction of sp³-hybridized carbons (Fsp3) is 0.381. The van der Waals surface area contributed by atoms with E-state index in [1.807, 2.05) is 31.2 Å². The van der Waals surface area contributed by atoms with E-state index in [1.54, 1.807) is 12.1 Å². The van der Waals surface area contributed by atoms with Crippen molar-refractivity contribution in [2.45, 2.75) is 38.6 Å². The van der Waals surface area contributed by atoms with Crippen molar-refractivity contribution < 1.29 is 9.90 Å². The van der Waals surface area contributed by atoms with Gasteiger partial charge in [0, 0.05) is 35.7 Å². The van der Waals surface area contributed by atoms with Crippen molar-refractivity contribution in [2.75, 3.05) is 11.9 Å².